The predicted octanol–water partition coefficient (Wildman–Crippen LogP) is 4.39. The molecule has 1 radical (unpaired) electrons. The standard InChI is InChI=1S/C25H29NO2P/c1-4-26(5-2,6-3)28-25(27)23-19-13-14-20-24(23)29(21-15-9-7-10-16-21)22-17-11-8-12-18-22/h7-20H,4-6H2,1-3H3/q+2. The van der Waals surface area contributed by atoms with Gasteiger partial charge in [0.2, 0.25) is 0 Å². The molecule has 0 amide bonds. The number of hydroxylamine groups is 3. The molecule has 0 bridgehead atoms. The molecule has 3 aromatic carbocycles. The van der Waals surface area contributed by atoms with Crippen LogP contribution in [0.15, 0.2) is 84.9 Å². The number of quaternary nitrogens is 1. The smallest absolute Gasteiger partial charge is 0.0803 e. The van der Waals surface area contributed by atoms with E-state index in [9.17, 15) is 4.79 Å². The molecule has 0 saturated carbocycles. The average Bonchev–Trinajstić information content (AvgIpc) is 2.79. The summed E-state index contributed by atoms with van der Waals surface area (Å²) in [5, 5.41) is 3.47. The molecule has 0 heterocycles. The van der Waals surface area contributed by atoms with E-state index in [1.54, 1.807) is 0 Å². The van der Waals surface area contributed by atoms with Crippen LogP contribution < -0.4 is 15.9 Å². The molecular weight excluding hydrogens is 377 g/mol. The van der Waals surface area contributed by atoms with Gasteiger partial charge in [0.15, 0.2) is 0 Å². The molecule has 0 aliphatic carbocycles. The van der Waals surface area contributed by atoms with E-state index in [4.69, 9.17) is 4.84 Å². The zero-order chi connectivity index (χ0) is 20.7. The Morgan fingerprint density at radius 1 is 0.724 bits per heavy atom. The molecule has 0 aliphatic heterocycles. The monoisotopic (exact) mass is 406 g/mol. The van der Waals surface area contributed by atoms with Crippen LogP contribution in [0.5, 0.6) is 0 Å². The minimum absolute atomic E-state index is 0.245. The van der Waals surface area contributed by atoms with Crippen molar-refractivity contribution in [1.29, 1.82) is 0 Å². The van der Waals surface area contributed by atoms with Gasteiger partial charge in [-0.3, -0.25) is 0 Å². The van der Waals surface area contributed by atoms with Crippen molar-refractivity contribution in [2.24, 2.45) is 0 Å². The second-order valence-corrected chi connectivity index (χ2v) is 9.09. The van der Waals surface area contributed by atoms with Crippen molar-refractivity contribution in [2.45, 2.75) is 20.8 Å². The number of hydrogen-bond acceptors (Lipinski definition) is 2. The van der Waals surface area contributed by atoms with Gasteiger partial charge in [0.1, 0.15) is 25.2 Å². The van der Waals surface area contributed by atoms with Gasteiger partial charge in [0.25, 0.3) is 0 Å². The van der Waals surface area contributed by atoms with Crippen LogP contribution in [0.1, 0.15) is 31.1 Å². The minimum atomic E-state index is -0.861. The van der Waals surface area contributed by atoms with Crippen LogP contribution in [-0.4, -0.2) is 30.2 Å². The summed E-state index contributed by atoms with van der Waals surface area (Å²) in [5.74, 6) is -0.245. The highest BCUT2D eigenvalue weighted by molar-refractivity contribution is 7.80. The van der Waals surface area contributed by atoms with Crippen molar-refractivity contribution in [1.82, 2.24) is 0 Å². The lowest BCUT2D eigenvalue weighted by atomic mass is 10.2. The largest absolute Gasteiger partial charge is 0.670 e. The first-order valence-electron chi connectivity index (χ1n) is 10.2. The Morgan fingerprint density at radius 3 is 1.66 bits per heavy atom. The molecular formula is C25H29NO2P+2. The Balaban J connectivity index is 2.08. The van der Waals surface area contributed by atoms with E-state index in [-0.39, 0.29) is 5.97 Å². The fourth-order valence-electron chi connectivity index (χ4n) is 3.51. The summed E-state index contributed by atoms with van der Waals surface area (Å²) < 4.78 is 0.335. The van der Waals surface area contributed by atoms with E-state index in [2.05, 4.69) is 75.4 Å². The summed E-state index contributed by atoms with van der Waals surface area (Å²) in [6.45, 7) is 8.46. The normalized spacial score (nSPS) is 11.4. The molecule has 0 aliphatic rings. The summed E-state index contributed by atoms with van der Waals surface area (Å²) in [5.41, 5.74) is 0.657. The molecule has 149 valence electrons. The Kier molecular flexibility index (Phi) is 7.19. The molecule has 3 nitrogen and oxygen atoms in total. The van der Waals surface area contributed by atoms with Crippen molar-refractivity contribution in [3.63, 3.8) is 0 Å². The highest BCUT2D eigenvalue weighted by Crippen LogP contribution is 2.34. The Morgan fingerprint density at radius 2 is 1.17 bits per heavy atom. The summed E-state index contributed by atoms with van der Waals surface area (Å²) in [7, 11) is -0.861. The Hall–Kier alpha value is -2.48. The summed E-state index contributed by atoms with van der Waals surface area (Å²) in [6, 6.07) is 28.8. The first-order chi connectivity index (χ1) is 14.1. The quantitative estimate of drug-likeness (QED) is 0.240. The first-order valence-corrected chi connectivity index (χ1v) is 11.6. The number of benzene rings is 3. The average molecular weight is 406 g/mol. The molecule has 0 spiro atoms. The van der Waals surface area contributed by atoms with Gasteiger partial charge in [-0.05, 0) is 45.4 Å². The lowest BCUT2D eigenvalue weighted by molar-refractivity contribution is -1.08. The molecule has 0 N–H and O–H groups in total. The van der Waals surface area contributed by atoms with E-state index in [0.29, 0.717) is 10.2 Å². The maximum Gasteiger partial charge on any atom is 0.670 e. The van der Waals surface area contributed by atoms with Crippen molar-refractivity contribution in [3.8, 4) is 0 Å². The topological polar surface area (TPSA) is 29.1 Å². The fraction of sp³-hybridized carbons (Fsp3) is 0.240. The molecule has 4 heteroatoms. The van der Waals surface area contributed by atoms with E-state index in [1.807, 2.05) is 30.3 Å². The van der Waals surface area contributed by atoms with Crippen molar-refractivity contribution in [2.75, 3.05) is 19.6 Å². The van der Waals surface area contributed by atoms with E-state index in [0.717, 1.165) is 24.9 Å². The summed E-state index contributed by atoms with van der Waals surface area (Å²) >= 11 is 0. The van der Waals surface area contributed by atoms with Gasteiger partial charge < -0.3 is 0 Å². The maximum absolute atomic E-state index is 13.3. The van der Waals surface area contributed by atoms with Crippen molar-refractivity contribution in [3.05, 3.63) is 90.5 Å². The number of hydrogen-bond donors (Lipinski definition) is 0. The number of nitrogens with zero attached hydrogens (tertiary/aromatic N) is 1. The number of rotatable bonds is 8. The number of carbonyl (C=O) groups is 1. The van der Waals surface area contributed by atoms with Crippen molar-refractivity contribution < 1.29 is 14.3 Å². The van der Waals surface area contributed by atoms with Crippen LogP contribution in [0.4, 0.5) is 0 Å². The lowest BCUT2D eigenvalue weighted by Gasteiger charge is -2.24. The van der Waals surface area contributed by atoms with Crippen molar-refractivity contribution >= 4 is 29.8 Å². The van der Waals surface area contributed by atoms with Gasteiger partial charge in [-0.25, -0.2) is 0 Å². The molecule has 0 fully saturated rings. The van der Waals surface area contributed by atoms with Gasteiger partial charge in [-0.2, -0.15) is 0 Å². The van der Waals surface area contributed by atoms with Crippen LogP contribution in [0.2, 0.25) is 0 Å². The Labute approximate surface area is 175 Å². The van der Waals surface area contributed by atoms with Gasteiger partial charge in [0, 0.05) is 5.30 Å². The second-order valence-electron chi connectivity index (χ2n) is 6.91. The summed E-state index contributed by atoms with van der Waals surface area (Å²) in [6.07, 6.45) is 0. The lowest BCUT2D eigenvalue weighted by Crippen LogP contribution is -2.49. The van der Waals surface area contributed by atoms with Gasteiger partial charge in [0.05, 0.1) is 4.79 Å². The van der Waals surface area contributed by atoms with Gasteiger partial charge in [-0.1, -0.05) is 88.3 Å². The maximum atomic E-state index is 13.3. The highest BCUT2D eigenvalue weighted by Gasteiger charge is 2.41. The van der Waals surface area contributed by atoms with Gasteiger partial charge >= 0.3 is 5.97 Å². The van der Waals surface area contributed by atoms with Crippen LogP contribution in [-0.2, 0) is 4.84 Å². The van der Waals surface area contributed by atoms with Crippen LogP contribution in [0.25, 0.3) is 0 Å². The third-order valence-corrected chi connectivity index (χ3v) is 7.90. The van der Waals surface area contributed by atoms with E-state index < -0.39 is 7.92 Å². The zero-order valence-corrected chi connectivity index (χ0v) is 18.3. The highest BCUT2D eigenvalue weighted by atomic mass is 31.1. The van der Waals surface area contributed by atoms with E-state index >= 15 is 0 Å². The van der Waals surface area contributed by atoms with Crippen LogP contribution in [0.3, 0.4) is 0 Å². The van der Waals surface area contributed by atoms with Crippen LogP contribution in [0, 0.1) is 0 Å². The molecule has 29 heavy (non-hydrogen) atoms. The first kappa shape index (κ1) is 21.2. The predicted molar refractivity (Wildman–Crippen MR) is 122 cm³/mol. The van der Waals surface area contributed by atoms with Crippen LogP contribution >= 0.6 is 7.92 Å². The molecule has 0 unspecified atom stereocenters. The fourth-order valence-corrected chi connectivity index (χ4v) is 5.95. The SMILES string of the molecule is CC[N+](CC)(CC)OC(=[O+])c1ccccc1P(c1ccccc1)c1ccccc1. The van der Waals surface area contributed by atoms with Gasteiger partial charge in [-0.15, -0.1) is 0 Å². The molecule has 0 aromatic heterocycles. The molecule has 3 rings (SSSR count). The van der Waals surface area contributed by atoms with E-state index in [1.165, 1.54) is 10.6 Å². The molecule has 0 saturated heterocycles. The minimum Gasteiger partial charge on any atom is -0.0803 e. The zero-order valence-electron chi connectivity index (χ0n) is 17.4. The summed E-state index contributed by atoms with van der Waals surface area (Å²) in [4.78, 5) is 19.3. The molecule has 0 atom stereocenters. The third kappa shape index (κ3) is 4.75. The molecule has 3 aromatic rings. The Bertz CT molecular complexity index is 876. The second kappa shape index (κ2) is 9.82. The number of carbonyl (C=O) groups excluding carboxylic acids is 1. The third-order valence-electron chi connectivity index (χ3n) is 5.40.